The molecule has 1 aromatic heterocycles. The van der Waals surface area contributed by atoms with Gasteiger partial charge in [-0.3, -0.25) is 9.78 Å². The van der Waals surface area contributed by atoms with Crippen LogP contribution in [0.2, 0.25) is 0 Å². The number of nitrogens with zero attached hydrogens (tertiary/aromatic N) is 1. The average Bonchev–Trinajstić information content (AvgIpc) is 2.17. The fourth-order valence-electron chi connectivity index (χ4n) is 1.17. The molecular weight excluding hydrogens is 256 g/mol. The summed E-state index contributed by atoms with van der Waals surface area (Å²) in [6, 6.07) is 1.83. The highest BCUT2D eigenvalue weighted by Gasteiger charge is 2.05. The van der Waals surface area contributed by atoms with E-state index in [-0.39, 0.29) is 5.91 Å². The number of aryl methyl sites for hydroxylation is 1. The van der Waals surface area contributed by atoms with Crippen molar-refractivity contribution in [3.8, 4) is 0 Å². The van der Waals surface area contributed by atoms with E-state index in [9.17, 15) is 4.79 Å². The summed E-state index contributed by atoms with van der Waals surface area (Å²) < 4.78 is 0. The molecule has 1 aromatic rings. The van der Waals surface area contributed by atoms with Crippen LogP contribution in [0.25, 0.3) is 0 Å². The van der Waals surface area contributed by atoms with Crippen LogP contribution in [0.1, 0.15) is 29.3 Å². The normalized spacial score (nSPS) is 12.2. The number of carbonyl (C=O) groups is 1. The molecule has 0 aliphatic rings. The molecule has 0 aliphatic heterocycles. The molecule has 15 heavy (non-hydrogen) atoms. The van der Waals surface area contributed by atoms with E-state index < -0.39 is 0 Å². The topological polar surface area (TPSA) is 42.0 Å². The van der Waals surface area contributed by atoms with Crippen molar-refractivity contribution >= 4 is 21.8 Å². The van der Waals surface area contributed by atoms with Crippen LogP contribution in [-0.2, 0) is 0 Å². The molecule has 1 atom stereocenters. The third-order valence-electron chi connectivity index (χ3n) is 1.96. The number of alkyl halides is 1. The quantitative estimate of drug-likeness (QED) is 0.854. The Morgan fingerprint density at radius 2 is 2.33 bits per heavy atom. The fourth-order valence-corrected chi connectivity index (χ4v) is 1.39. The molecule has 0 radical (unpaired) electrons. The number of halogens is 1. The monoisotopic (exact) mass is 270 g/mol. The zero-order valence-electron chi connectivity index (χ0n) is 8.96. The van der Waals surface area contributed by atoms with Gasteiger partial charge in [-0.2, -0.15) is 0 Å². The number of aromatic nitrogens is 1. The van der Waals surface area contributed by atoms with E-state index in [1.807, 2.05) is 13.0 Å². The minimum Gasteiger partial charge on any atom is -0.352 e. The molecule has 1 N–H and O–H groups in total. The van der Waals surface area contributed by atoms with Gasteiger partial charge >= 0.3 is 0 Å². The Hall–Kier alpha value is -0.900. The van der Waals surface area contributed by atoms with Crippen LogP contribution in [0.5, 0.6) is 0 Å². The Balaban J connectivity index is 2.47. The van der Waals surface area contributed by atoms with Gasteiger partial charge in [-0.15, -0.1) is 0 Å². The van der Waals surface area contributed by atoms with Gasteiger partial charge in [0.25, 0.3) is 5.91 Å². The van der Waals surface area contributed by atoms with Gasteiger partial charge in [-0.05, 0) is 25.0 Å². The fraction of sp³-hybridized carbons (Fsp3) is 0.455. The lowest BCUT2D eigenvalue weighted by molar-refractivity contribution is 0.0953. The molecule has 0 saturated heterocycles. The summed E-state index contributed by atoms with van der Waals surface area (Å²) in [7, 11) is 0. The van der Waals surface area contributed by atoms with Gasteiger partial charge < -0.3 is 5.32 Å². The second kappa shape index (κ2) is 5.85. The Morgan fingerprint density at radius 1 is 1.60 bits per heavy atom. The highest BCUT2D eigenvalue weighted by Crippen LogP contribution is 2.03. The van der Waals surface area contributed by atoms with Gasteiger partial charge in [0.15, 0.2) is 0 Å². The first-order valence-electron chi connectivity index (χ1n) is 4.93. The van der Waals surface area contributed by atoms with Crippen molar-refractivity contribution in [1.82, 2.24) is 10.3 Å². The lowest BCUT2D eigenvalue weighted by atomic mass is 10.2. The van der Waals surface area contributed by atoms with E-state index in [2.05, 4.69) is 33.2 Å². The number of nitrogens with one attached hydrogen (secondary N) is 1. The van der Waals surface area contributed by atoms with Crippen LogP contribution in [0.15, 0.2) is 18.5 Å². The Labute approximate surface area is 98.4 Å². The molecule has 82 valence electrons. The number of pyridine rings is 1. The zero-order chi connectivity index (χ0) is 11.3. The second-order valence-corrected chi connectivity index (χ2v) is 5.14. The summed E-state index contributed by atoms with van der Waals surface area (Å²) in [6.07, 6.45) is 4.24. The van der Waals surface area contributed by atoms with Crippen molar-refractivity contribution in [2.45, 2.75) is 25.1 Å². The predicted molar refractivity (Wildman–Crippen MR) is 64.3 cm³/mol. The van der Waals surface area contributed by atoms with Gasteiger partial charge in [0, 0.05) is 23.8 Å². The van der Waals surface area contributed by atoms with E-state index in [0.717, 1.165) is 12.0 Å². The van der Waals surface area contributed by atoms with Gasteiger partial charge in [0.05, 0.1) is 5.56 Å². The number of hydrogen-bond acceptors (Lipinski definition) is 2. The highest BCUT2D eigenvalue weighted by atomic mass is 79.9. The van der Waals surface area contributed by atoms with Crippen molar-refractivity contribution < 1.29 is 4.79 Å². The molecule has 3 nitrogen and oxygen atoms in total. The van der Waals surface area contributed by atoms with Crippen LogP contribution in [0.3, 0.4) is 0 Å². The zero-order valence-corrected chi connectivity index (χ0v) is 10.5. The lowest BCUT2D eigenvalue weighted by Gasteiger charge is -2.06. The first-order valence-corrected chi connectivity index (χ1v) is 5.85. The molecule has 4 heteroatoms. The summed E-state index contributed by atoms with van der Waals surface area (Å²) in [6.45, 7) is 4.66. The summed E-state index contributed by atoms with van der Waals surface area (Å²) in [5.41, 5.74) is 1.62. The molecule has 1 heterocycles. The first-order chi connectivity index (χ1) is 7.09. The van der Waals surface area contributed by atoms with Gasteiger partial charge in [-0.25, -0.2) is 0 Å². The molecule has 0 aliphatic carbocycles. The minimum atomic E-state index is -0.0562. The third kappa shape index (κ3) is 4.42. The highest BCUT2D eigenvalue weighted by molar-refractivity contribution is 9.09. The molecule has 1 unspecified atom stereocenters. The van der Waals surface area contributed by atoms with Gasteiger partial charge in [-0.1, -0.05) is 22.9 Å². The van der Waals surface area contributed by atoms with E-state index in [1.54, 1.807) is 12.4 Å². The van der Waals surface area contributed by atoms with Gasteiger partial charge in [0.2, 0.25) is 0 Å². The summed E-state index contributed by atoms with van der Waals surface area (Å²) in [4.78, 5) is 16.0. The Kier molecular flexibility index (Phi) is 4.75. The van der Waals surface area contributed by atoms with Crippen LogP contribution in [-0.4, -0.2) is 22.3 Å². The minimum absolute atomic E-state index is 0.0562. The van der Waals surface area contributed by atoms with Crippen LogP contribution < -0.4 is 5.32 Å². The van der Waals surface area contributed by atoms with Crippen LogP contribution >= 0.6 is 15.9 Å². The van der Waals surface area contributed by atoms with Crippen molar-refractivity contribution in [1.29, 1.82) is 0 Å². The van der Waals surface area contributed by atoms with Crippen molar-refractivity contribution in [2.24, 2.45) is 0 Å². The number of hydrogen-bond donors (Lipinski definition) is 1. The van der Waals surface area contributed by atoms with Crippen molar-refractivity contribution in [2.75, 3.05) is 6.54 Å². The second-order valence-electron chi connectivity index (χ2n) is 3.58. The number of carbonyl (C=O) groups excluding carboxylic acids is 1. The lowest BCUT2D eigenvalue weighted by Crippen LogP contribution is -2.25. The molecule has 1 amide bonds. The van der Waals surface area contributed by atoms with E-state index >= 15 is 0 Å². The van der Waals surface area contributed by atoms with Crippen LogP contribution in [0, 0.1) is 6.92 Å². The van der Waals surface area contributed by atoms with Crippen LogP contribution in [0.4, 0.5) is 0 Å². The number of rotatable bonds is 4. The maximum Gasteiger partial charge on any atom is 0.252 e. The van der Waals surface area contributed by atoms with Crippen molar-refractivity contribution in [3.63, 3.8) is 0 Å². The van der Waals surface area contributed by atoms with Gasteiger partial charge in [0.1, 0.15) is 0 Å². The predicted octanol–water partition coefficient (Wildman–Crippen LogP) is 2.29. The average molecular weight is 271 g/mol. The Morgan fingerprint density at radius 3 is 2.93 bits per heavy atom. The Bertz CT molecular complexity index is 339. The summed E-state index contributed by atoms with van der Waals surface area (Å²) in [5, 5.41) is 2.85. The van der Waals surface area contributed by atoms with E-state index in [4.69, 9.17) is 0 Å². The third-order valence-corrected chi connectivity index (χ3v) is 2.42. The van der Waals surface area contributed by atoms with E-state index in [0.29, 0.717) is 16.9 Å². The maximum absolute atomic E-state index is 11.6. The molecule has 1 rings (SSSR count). The number of amides is 1. The van der Waals surface area contributed by atoms with Crippen molar-refractivity contribution in [3.05, 3.63) is 29.6 Å². The smallest absolute Gasteiger partial charge is 0.252 e. The largest absolute Gasteiger partial charge is 0.352 e. The molecule has 0 bridgehead atoms. The summed E-state index contributed by atoms with van der Waals surface area (Å²) >= 11 is 3.43. The van der Waals surface area contributed by atoms with E-state index in [1.165, 1.54) is 0 Å². The standard InChI is InChI=1S/C11H15BrN2O/c1-8-5-10(7-13-6-8)11(15)14-4-3-9(2)12/h5-7,9H,3-4H2,1-2H3,(H,14,15). The molecule has 0 spiro atoms. The molecule has 0 fully saturated rings. The maximum atomic E-state index is 11.6. The molecule has 0 saturated carbocycles. The summed E-state index contributed by atoms with van der Waals surface area (Å²) in [5.74, 6) is -0.0562. The first kappa shape index (κ1) is 12.2. The molecular formula is C11H15BrN2O. The SMILES string of the molecule is Cc1cncc(C(=O)NCCC(C)Br)c1. The molecule has 0 aromatic carbocycles.